The highest BCUT2D eigenvalue weighted by molar-refractivity contribution is 7.16. The van der Waals surface area contributed by atoms with Crippen molar-refractivity contribution < 1.29 is 18.7 Å². The molecule has 0 saturated heterocycles. The van der Waals surface area contributed by atoms with Crippen LogP contribution >= 0.6 is 11.3 Å². The van der Waals surface area contributed by atoms with Crippen LogP contribution in [0.5, 0.6) is 0 Å². The van der Waals surface area contributed by atoms with Gasteiger partial charge in [-0.3, -0.25) is 4.79 Å². The molecule has 0 bridgehead atoms. The maximum atomic E-state index is 14.4. The van der Waals surface area contributed by atoms with Crippen molar-refractivity contribution in [1.29, 1.82) is 0 Å². The second-order valence-electron chi connectivity index (χ2n) is 4.86. The van der Waals surface area contributed by atoms with E-state index in [2.05, 4.69) is 0 Å². The predicted molar refractivity (Wildman–Crippen MR) is 70.1 cm³/mol. The van der Waals surface area contributed by atoms with Crippen LogP contribution in [0.3, 0.4) is 0 Å². The van der Waals surface area contributed by atoms with Crippen LogP contribution < -0.4 is 11.2 Å². The van der Waals surface area contributed by atoms with Crippen molar-refractivity contribution in [3.05, 3.63) is 44.4 Å². The number of nitrogens with two attached hydrogens (primary N) is 1. The van der Waals surface area contributed by atoms with Crippen LogP contribution in [-0.2, 0) is 5.54 Å². The second kappa shape index (κ2) is 4.07. The molecule has 1 fully saturated rings. The van der Waals surface area contributed by atoms with Gasteiger partial charge in [-0.15, -0.1) is 11.3 Å². The largest absolute Gasteiger partial charge is 0.478 e. The lowest BCUT2D eigenvalue weighted by Gasteiger charge is -2.13. The maximum absolute atomic E-state index is 14.4. The van der Waals surface area contributed by atoms with E-state index < -0.39 is 34.1 Å². The topological polar surface area (TPSA) is 80.4 Å². The molecule has 0 radical (unpaired) electrons. The molecule has 2 aromatic rings. The lowest BCUT2D eigenvalue weighted by Crippen LogP contribution is -2.23. The van der Waals surface area contributed by atoms with Gasteiger partial charge < -0.3 is 10.8 Å². The molecule has 0 amide bonds. The lowest BCUT2D eigenvalue weighted by molar-refractivity contribution is 0.0696. The van der Waals surface area contributed by atoms with E-state index in [0.717, 1.165) is 22.8 Å². The third-order valence-electron chi connectivity index (χ3n) is 3.47. The van der Waals surface area contributed by atoms with E-state index in [0.29, 0.717) is 12.8 Å². The van der Waals surface area contributed by atoms with Crippen molar-refractivity contribution in [1.82, 2.24) is 0 Å². The molecule has 0 aliphatic heterocycles. The van der Waals surface area contributed by atoms with Gasteiger partial charge in [-0.1, -0.05) is 0 Å². The second-order valence-corrected chi connectivity index (χ2v) is 5.74. The van der Waals surface area contributed by atoms with Gasteiger partial charge in [0, 0.05) is 21.9 Å². The molecule has 0 spiro atoms. The molecule has 4 nitrogen and oxygen atoms in total. The number of carboxylic acids is 1. The smallest absolute Gasteiger partial charge is 0.340 e. The highest BCUT2D eigenvalue weighted by Crippen LogP contribution is 2.46. The first-order valence-electron chi connectivity index (χ1n) is 5.81. The van der Waals surface area contributed by atoms with Crippen molar-refractivity contribution >= 4 is 27.4 Å². The van der Waals surface area contributed by atoms with Crippen LogP contribution in [0.4, 0.5) is 8.78 Å². The van der Waals surface area contributed by atoms with E-state index in [-0.39, 0.29) is 15.6 Å². The lowest BCUT2D eigenvalue weighted by atomic mass is 10.0. The number of halogens is 2. The Balaban J connectivity index is 2.39. The standard InChI is InChI=1S/C13H9F2NO3S/c14-7-3-5-10(17)6(12(18)19)4-20-11(5)9(15)8(7)13(16)1-2-13/h3-4H,1-2,16H2,(H,18,19). The minimum absolute atomic E-state index is 0.0619. The van der Waals surface area contributed by atoms with Crippen LogP contribution in [0.2, 0.25) is 0 Å². The quantitative estimate of drug-likeness (QED) is 0.890. The number of carbonyl (C=O) groups is 1. The van der Waals surface area contributed by atoms with Gasteiger partial charge in [0.2, 0.25) is 5.43 Å². The Morgan fingerprint density at radius 1 is 1.40 bits per heavy atom. The Bertz CT molecular complexity index is 811. The Kier molecular flexibility index (Phi) is 2.67. The van der Waals surface area contributed by atoms with Gasteiger partial charge in [-0.2, -0.15) is 0 Å². The molecular weight excluding hydrogens is 288 g/mol. The van der Waals surface area contributed by atoms with E-state index in [1.54, 1.807) is 0 Å². The molecule has 7 heteroatoms. The number of fused-ring (bicyclic) bond motifs is 1. The summed E-state index contributed by atoms with van der Waals surface area (Å²) >= 11 is 0.761. The minimum atomic E-state index is -1.42. The minimum Gasteiger partial charge on any atom is -0.478 e. The SMILES string of the molecule is NC1(c2c(F)cc3c(=O)c(C(=O)O)csc3c2F)CC1. The fraction of sp³-hybridized carbons (Fsp3) is 0.231. The van der Waals surface area contributed by atoms with Gasteiger partial charge in [0.05, 0.1) is 4.70 Å². The van der Waals surface area contributed by atoms with Crippen molar-refractivity contribution in [3.8, 4) is 0 Å². The molecule has 1 heterocycles. The number of aromatic carboxylic acids is 1. The number of hydrogen-bond donors (Lipinski definition) is 2. The molecule has 0 atom stereocenters. The van der Waals surface area contributed by atoms with Crippen molar-refractivity contribution in [3.63, 3.8) is 0 Å². The van der Waals surface area contributed by atoms with Gasteiger partial charge >= 0.3 is 5.97 Å². The first kappa shape index (κ1) is 13.1. The molecular formula is C13H9F2NO3S. The maximum Gasteiger partial charge on any atom is 0.340 e. The summed E-state index contributed by atoms with van der Waals surface area (Å²) in [6.45, 7) is 0. The molecule has 1 aliphatic carbocycles. The first-order valence-corrected chi connectivity index (χ1v) is 6.69. The first-order chi connectivity index (χ1) is 9.35. The third-order valence-corrected chi connectivity index (χ3v) is 4.46. The Morgan fingerprint density at radius 3 is 2.60 bits per heavy atom. The monoisotopic (exact) mass is 297 g/mol. The molecule has 104 valence electrons. The van der Waals surface area contributed by atoms with E-state index in [4.69, 9.17) is 10.8 Å². The molecule has 1 aliphatic rings. The zero-order valence-corrected chi connectivity index (χ0v) is 10.9. The molecule has 3 N–H and O–H groups in total. The normalized spacial score (nSPS) is 16.4. The van der Waals surface area contributed by atoms with Gasteiger partial charge in [-0.05, 0) is 18.9 Å². The van der Waals surface area contributed by atoms with Crippen LogP contribution in [0.25, 0.3) is 10.1 Å². The van der Waals surface area contributed by atoms with Gasteiger partial charge in [0.1, 0.15) is 17.2 Å². The average Bonchev–Trinajstić information content (AvgIpc) is 3.09. The average molecular weight is 297 g/mol. The molecule has 1 aromatic heterocycles. The third kappa shape index (κ3) is 1.74. The molecule has 0 unspecified atom stereocenters. The summed E-state index contributed by atoms with van der Waals surface area (Å²) in [5.74, 6) is -3.18. The summed E-state index contributed by atoms with van der Waals surface area (Å²) in [7, 11) is 0. The van der Waals surface area contributed by atoms with E-state index in [9.17, 15) is 18.4 Å². The Hall–Kier alpha value is -1.86. The summed E-state index contributed by atoms with van der Waals surface area (Å²) in [6, 6.07) is 0.881. The van der Waals surface area contributed by atoms with Gasteiger partial charge in [-0.25, -0.2) is 13.6 Å². The van der Waals surface area contributed by atoms with Crippen LogP contribution in [0, 0.1) is 11.6 Å². The zero-order valence-electron chi connectivity index (χ0n) is 10.1. The van der Waals surface area contributed by atoms with E-state index in [1.165, 1.54) is 0 Å². The fourth-order valence-electron chi connectivity index (χ4n) is 2.19. The number of carboxylic acid groups (broad SMARTS) is 1. The van der Waals surface area contributed by atoms with E-state index in [1.807, 2.05) is 0 Å². The number of rotatable bonds is 2. The summed E-state index contributed by atoms with van der Waals surface area (Å²) in [5.41, 5.74) is 3.21. The summed E-state index contributed by atoms with van der Waals surface area (Å²) in [6.07, 6.45) is 0.961. The summed E-state index contributed by atoms with van der Waals surface area (Å²) in [4.78, 5) is 22.8. The molecule has 3 rings (SSSR count). The number of hydrogen-bond acceptors (Lipinski definition) is 4. The van der Waals surface area contributed by atoms with Crippen molar-refractivity contribution in [2.24, 2.45) is 5.73 Å². The highest BCUT2D eigenvalue weighted by atomic mass is 32.1. The predicted octanol–water partition coefficient (Wildman–Crippen LogP) is 2.19. The molecule has 20 heavy (non-hydrogen) atoms. The van der Waals surface area contributed by atoms with Crippen molar-refractivity contribution in [2.45, 2.75) is 18.4 Å². The van der Waals surface area contributed by atoms with E-state index >= 15 is 0 Å². The van der Waals surface area contributed by atoms with Crippen LogP contribution in [0.15, 0.2) is 16.2 Å². The summed E-state index contributed by atoms with van der Waals surface area (Å²) < 4.78 is 28.3. The Morgan fingerprint density at radius 2 is 2.05 bits per heavy atom. The van der Waals surface area contributed by atoms with Gasteiger partial charge in [0.15, 0.2) is 0 Å². The summed E-state index contributed by atoms with van der Waals surface area (Å²) in [5, 5.41) is 9.65. The molecule has 1 aromatic carbocycles. The molecule has 1 saturated carbocycles. The highest BCUT2D eigenvalue weighted by Gasteiger charge is 2.45. The Labute approximate surface area is 115 Å². The fourth-order valence-corrected chi connectivity index (χ4v) is 3.12. The van der Waals surface area contributed by atoms with Gasteiger partial charge in [0.25, 0.3) is 0 Å². The van der Waals surface area contributed by atoms with Crippen LogP contribution in [-0.4, -0.2) is 11.1 Å². The number of benzene rings is 1. The zero-order chi connectivity index (χ0) is 14.7. The van der Waals surface area contributed by atoms with Crippen molar-refractivity contribution in [2.75, 3.05) is 0 Å². The van der Waals surface area contributed by atoms with Crippen LogP contribution in [0.1, 0.15) is 28.8 Å².